The molecule has 0 aliphatic carbocycles. The highest BCUT2D eigenvalue weighted by atomic mass is 32.2. The normalized spacial score (nSPS) is 20.5. The molecule has 0 saturated carbocycles. The van der Waals surface area contributed by atoms with Gasteiger partial charge in [0.1, 0.15) is 6.04 Å². The molecule has 0 bridgehead atoms. The van der Waals surface area contributed by atoms with Gasteiger partial charge in [0.25, 0.3) is 5.91 Å². The largest absolute Gasteiger partial charge is 0.352 e. The van der Waals surface area contributed by atoms with E-state index in [1.807, 2.05) is 19.1 Å². The van der Waals surface area contributed by atoms with E-state index in [2.05, 4.69) is 16.9 Å². The number of sulfonamides is 1. The van der Waals surface area contributed by atoms with Gasteiger partial charge < -0.3 is 10.2 Å². The summed E-state index contributed by atoms with van der Waals surface area (Å²) in [5.74, 6) is -0.830. The standard InChI is InChI=1S/C27H32N4O5S/c1-3-20-6-8-22(9-7-20)27(34)29-13-10-19(2)15-25(33)30-14-11-23-26(30)24(32)17-31(23)37(35,36)18-21-5-4-12-28-16-21/h3-9,12,16,19,23,26H,1,10-11,13-15,17-18H2,2H3,(H,29,34). The second-order valence-electron chi connectivity index (χ2n) is 9.70. The van der Waals surface area contributed by atoms with Crippen molar-refractivity contribution in [2.75, 3.05) is 19.6 Å². The van der Waals surface area contributed by atoms with Crippen molar-refractivity contribution in [2.24, 2.45) is 5.92 Å². The van der Waals surface area contributed by atoms with Crippen LogP contribution in [0.4, 0.5) is 0 Å². The van der Waals surface area contributed by atoms with E-state index < -0.39 is 22.1 Å². The first-order chi connectivity index (χ1) is 17.7. The molecule has 1 aromatic heterocycles. The predicted molar refractivity (Wildman–Crippen MR) is 140 cm³/mol. The lowest BCUT2D eigenvalue weighted by Crippen LogP contribution is -2.44. The Morgan fingerprint density at radius 1 is 1.24 bits per heavy atom. The number of likely N-dealkylation sites (tertiary alicyclic amines) is 1. The molecular weight excluding hydrogens is 492 g/mol. The van der Waals surface area contributed by atoms with Gasteiger partial charge in [-0.15, -0.1) is 0 Å². The van der Waals surface area contributed by atoms with Gasteiger partial charge >= 0.3 is 0 Å². The molecule has 1 aromatic carbocycles. The topological polar surface area (TPSA) is 117 Å². The van der Waals surface area contributed by atoms with Crippen molar-refractivity contribution in [2.45, 2.75) is 44.0 Å². The second kappa shape index (κ2) is 11.4. The molecule has 3 atom stereocenters. The van der Waals surface area contributed by atoms with Crippen molar-refractivity contribution in [3.8, 4) is 0 Å². The van der Waals surface area contributed by atoms with Crippen molar-refractivity contribution < 1.29 is 22.8 Å². The fourth-order valence-corrected chi connectivity index (χ4v) is 6.73. The smallest absolute Gasteiger partial charge is 0.251 e. The van der Waals surface area contributed by atoms with Crippen molar-refractivity contribution in [1.82, 2.24) is 19.5 Å². The third-order valence-corrected chi connectivity index (χ3v) is 8.79. The molecule has 2 saturated heterocycles. The van der Waals surface area contributed by atoms with Gasteiger partial charge in [0, 0.05) is 37.5 Å². The van der Waals surface area contributed by atoms with E-state index in [4.69, 9.17) is 0 Å². The Kier molecular flexibility index (Phi) is 8.19. The molecule has 2 amide bonds. The molecule has 2 fully saturated rings. The number of Topliss-reactive ketones (excluding diaryl/α,β-unsaturated/α-hetero) is 1. The van der Waals surface area contributed by atoms with E-state index in [1.165, 1.54) is 10.5 Å². The summed E-state index contributed by atoms with van der Waals surface area (Å²) in [4.78, 5) is 43.7. The monoisotopic (exact) mass is 524 g/mol. The maximum Gasteiger partial charge on any atom is 0.251 e. The van der Waals surface area contributed by atoms with Crippen LogP contribution >= 0.6 is 0 Å². The molecule has 4 rings (SSSR count). The third-order valence-electron chi connectivity index (χ3n) is 6.98. The number of ketones is 1. The highest BCUT2D eigenvalue weighted by Gasteiger charge is 2.53. The lowest BCUT2D eigenvalue weighted by Gasteiger charge is -2.25. The van der Waals surface area contributed by atoms with Crippen molar-refractivity contribution in [3.63, 3.8) is 0 Å². The fraction of sp³-hybridized carbons (Fsp3) is 0.407. The molecule has 0 radical (unpaired) electrons. The quantitative estimate of drug-likeness (QED) is 0.510. The van der Waals surface area contributed by atoms with Crippen molar-refractivity contribution >= 4 is 33.7 Å². The number of nitrogens with zero attached hydrogens (tertiary/aromatic N) is 3. The SMILES string of the molecule is C=Cc1ccc(C(=O)NCCC(C)CC(=O)N2CCC3C2C(=O)CN3S(=O)(=O)Cc2cccnc2)cc1. The van der Waals surface area contributed by atoms with E-state index in [0.717, 1.165) is 5.56 Å². The van der Waals surface area contributed by atoms with Crippen LogP contribution < -0.4 is 5.32 Å². The molecule has 37 heavy (non-hydrogen) atoms. The van der Waals surface area contributed by atoms with Gasteiger partial charge in [0.15, 0.2) is 5.78 Å². The first kappa shape index (κ1) is 26.7. The minimum atomic E-state index is -3.73. The lowest BCUT2D eigenvalue weighted by molar-refractivity contribution is -0.137. The van der Waals surface area contributed by atoms with Crippen LogP contribution in [0.3, 0.4) is 0 Å². The van der Waals surface area contributed by atoms with E-state index in [-0.39, 0.29) is 42.2 Å². The number of carbonyl (C=O) groups is 3. The average molecular weight is 525 g/mol. The summed E-state index contributed by atoms with van der Waals surface area (Å²) in [6.07, 6.45) is 6.04. The molecule has 196 valence electrons. The lowest BCUT2D eigenvalue weighted by atomic mass is 10.0. The summed E-state index contributed by atoms with van der Waals surface area (Å²) >= 11 is 0. The highest BCUT2D eigenvalue weighted by molar-refractivity contribution is 7.88. The van der Waals surface area contributed by atoms with Gasteiger partial charge in [-0.1, -0.05) is 37.8 Å². The predicted octanol–water partition coefficient (Wildman–Crippen LogP) is 2.25. The Morgan fingerprint density at radius 2 is 2.00 bits per heavy atom. The molecule has 10 heteroatoms. The van der Waals surface area contributed by atoms with Crippen LogP contribution in [0.2, 0.25) is 0 Å². The minimum Gasteiger partial charge on any atom is -0.352 e. The van der Waals surface area contributed by atoms with Crippen molar-refractivity contribution in [3.05, 3.63) is 72.1 Å². The Labute approximate surface area is 217 Å². The summed E-state index contributed by atoms with van der Waals surface area (Å²) in [7, 11) is -3.73. The fourth-order valence-electron chi connectivity index (χ4n) is 5.01. The molecule has 2 aliphatic rings. The van der Waals surface area contributed by atoms with Crippen LogP contribution in [0.15, 0.2) is 55.4 Å². The maximum absolute atomic E-state index is 13.1. The van der Waals surface area contributed by atoms with Crippen LogP contribution in [0.5, 0.6) is 0 Å². The molecule has 3 heterocycles. The summed E-state index contributed by atoms with van der Waals surface area (Å²) < 4.78 is 27.4. The molecule has 9 nitrogen and oxygen atoms in total. The Hall–Kier alpha value is -3.37. The van der Waals surface area contributed by atoms with Gasteiger partial charge in [-0.3, -0.25) is 19.4 Å². The second-order valence-corrected chi connectivity index (χ2v) is 11.6. The summed E-state index contributed by atoms with van der Waals surface area (Å²) in [5, 5.41) is 2.87. The Bertz CT molecular complexity index is 1260. The first-order valence-electron chi connectivity index (χ1n) is 12.4. The van der Waals surface area contributed by atoms with Gasteiger partial charge in [-0.2, -0.15) is 4.31 Å². The summed E-state index contributed by atoms with van der Waals surface area (Å²) in [6.45, 7) is 6.18. The van der Waals surface area contributed by atoms with Gasteiger partial charge in [-0.05, 0) is 48.1 Å². The van der Waals surface area contributed by atoms with Crippen LogP contribution in [-0.2, 0) is 25.4 Å². The zero-order valence-electron chi connectivity index (χ0n) is 20.9. The molecular formula is C27H32N4O5S. The van der Waals surface area contributed by atoms with Crippen LogP contribution in [0.25, 0.3) is 6.08 Å². The number of aromatic nitrogens is 1. The van der Waals surface area contributed by atoms with E-state index >= 15 is 0 Å². The highest BCUT2D eigenvalue weighted by Crippen LogP contribution is 2.33. The van der Waals surface area contributed by atoms with Crippen LogP contribution in [0.1, 0.15) is 47.7 Å². The molecule has 2 aromatic rings. The summed E-state index contributed by atoms with van der Waals surface area (Å²) in [5.41, 5.74) is 2.04. The molecule has 0 spiro atoms. The first-order valence-corrected chi connectivity index (χ1v) is 14.0. The number of hydrogen-bond acceptors (Lipinski definition) is 6. The average Bonchev–Trinajstić information content (AvgIpc) is 3.46. The van der Waals surface area contributed by atoms with Gasteiger partial charge in [0.05, 0.1) is 18.3 Å². The number of amides is 2. The third kappa shape index (κ3) is 6.14. The van der Waals surface area contributed by atoms with Crippen molar-refractivity contribution in [1.29, 1.82) is 0 Å². The van der Waals surface area contributed by atoms with Gasteiger partial charge in [0.2, 0.25) is 15.9 Å². The van der Waals surface area contributed by atoms with E-state index in [9.17, 15) is 22.8 Å². The van der Waals surface area contributed by atoms with E-state index in [1.54, 1.807) is 41.4 Å². The zero-order valence-corrected chi connectivity index (χ0v) is 21.7. The molecule has 3 unspecified atom stereocenters. The molecule has 2 aliphatic heterocycles. The van der Waals surface area contributed by atoms with Gasteiger partial charge in [-0.25, -0.2) is 8.42 Å². The number of carbonyl (C=O) groups excluding carboxylic acids is 3. The number of rotatable bonds is 10. The zero-order chi connectivity index (χ0) is 26.6. The van der Waals surface area contributed by atoms with Crippen LogP contribution in [0, 0.1) is 5.92 Å². The molecule has 1 N–H and O–H groups in total. The Balaban J connectivity index is 1.28. The number of pyridine rings is 1. The minimum absolute atomic E-state index is 0.0167. The number of fused-ring (bicyclic) bond motifs is 1. The number of hydrogen-bond donors (Lipinski definition) is 1. The van der Waals surface area contributed by atoms with E-state index in [0.29, 0.717) is 37.1 Å². The van der Waals surface area contributed by atoms with Crippen LogP contribution in [-0.4, -0.2) is 71.9 Å². The Morgan fingerprint density at radius 3 is 2.68 bits per heavy atom. The maximum atomic E-state index is 13.1. The summed E-state index contributed by atoms with van der Waals surface area (Å²) in [6, 6.07) is 9.22. The number of nitrogens with one attached hydrogen (secondary N) is 1. The number of benzene rings is 1.